The Morgan fingerprint density at radius 2 is 2.00 bits per heavy atom. The summed E-state index contributed by atoms with van der Waals surface area (Å²) in [5.41, 5.74) is 6.29. The highest BCUT2D eigenvalue weighted by atomic mass is 16.5. The van der Waals surface area contributed by atoms with Crippen LogP contribution in [0.15, 0.2) is 0 Å². The summed E-state index contributed by atoms with van der Waals surface area (Å²) in [5, 5.41) is 0. The zero-order valence-corrected chi connectivity index (χ0v) is 12.5. The van der Waals surface area contributed by atoms with Crippen molar-refractivity contribution in [2.24, 2.45) is 17.6 Å². The lowest BCUT2D eigenvalue weighted by molar-refractivity contribution is -0.132. The normalized spacial score (nSPS) is 41.8. The fraction of sp³-hybridized carbons (Fsp3) is 1.00. The highest BCUT2D eigenvalue weighted by Crippen LogP contribution is 2.30. The van der Waals surface area contributed by atoms with Crippen LogP contribution in [0, 0.1) is 11.8 Å². The highest BCUT2D eigenvalue weighted by Gasteiger charge is 2.34. The van der Waals surface area contributed by atoms with E-state index < -0.39 is 0 Å². The van der Waals surface area contributed by atoms with Gasteiger partial charge in [-0.15, -0.1) is 0 Å². The fourth-order valence-electron chi connectivity index (χ4n) is 3.79. The molecule has 1 saturated heterocycles. The van der Waals surface area contributed by atoms with Crippen LogP contribution in [0.3, 0.4) is 0 Å². The molecule has 4 unspecified atom stereocenters. The molecule has 1 aliphatic carbocycles. The average molecular weight is 254 g/mol. The molecule has 1 aliphatic heterocycles. The molecule has 1 saturated carbocycles. The van der Waals surface area contributed by atoms with Crippen molar-refractivity contribution in [2.75, 3.05) is 19.6 Å². The Bertz CT molecular complexity index is 280. The largest absolute Gasteiger partial charge is 0.370 e. The molecule has 0 amide bonds. The molecule has 0 bridgehead atoms. The maximum atomic E-state index is 6.30. The number of hydrogen-bond donors (Lipinski definition) is 1. The molecule has 0 aromatic rings. The fourth-order valence-corrected chi connectivity index (χ4v) is 3.79. The third-order valence-electron chi connectivity index (χ3n) is 4.44. The average Bonchev–Trinajstić information content (AvgIpc) is 2.20. The van der Waals surface area contributed by atoms with Crippen molar-refractivity contribution in [3.8, 4) is 0 Å². The molecule has 4 atom stereocenters. The van der Waals surface area contributed by atoms with Crippen LogP contribution in [-0.4, -0.2) is 42.3 Å². The summed E-state index contributed by atoms with van der Waals surface area (Å²) >= 11 is 0. The third kappa shape index (κ3) is 3.69. The van der Waals surface area contributed by atoms with Gasteiger partial charge in [-0.25, -0.2) is 0 Å². The molecule has 2 rings (SSSR count). The Hall–Kier alpha value is -0.120. The number of rotatable bonds is 2. The second-order valence-corrected chi connectivity index (χ2v) is 7.22. The van der Waals surface area contributed by atoms with E-state index in [1.165, 1.54) is 19.3 Å². The van der Waals surface area contributed by atoms with Crippen LogP contribution in [0.5, 0.6) is 0 Å². The summed E-state index contributed by atoms with van der Waals surface area (Å²) in [6, 6.07) is 0.405. The van der Waals surface area contributed by atoms with Crippen molar-refractivity contribution in [3.05, 3.63) is 0 Å². The van der Waals surface area contributed by atoms with Crippen LogP contribution < -0.4 is 5.73 Å². The lowest BCUT2D eigenvalue weighted by atomic mass is 9.79. The van der Waals surface area contributed by atoms with Gasteiger partial charge in [-0.3, -0.25) is 4.90 Å². The van der Waals surface area contributed by atoms with Gasteiger partial charge in [0.05, 0.1) is 11.7 Å². The van der Waals surface area contributed by atoms with Gasteiger partial charge in [0.15, 0.2) is 0 Å². The molecule has 0 aromatic heterocycles. The van der Waals surface area contributed by atoms with Gasteiger partial charge < -0.3 is 10.5 Å². The lowest BCUT2D eigenvalue weighted by Gasteiger charge is -2.44. The molecular formula is C15H30N2O. The maximum absolute atomic E-state index is 6.30. The first kappa shape index (κ1) is 14.3. The summed E-state index contributed by atoms with van der Waals surface area (Å²) < 4.78 is 5.97. The first-order chi connectivity index (χ1) is 8.35. The van der Waals surface area contributed by atoms with Crippen LogP contribution in [-0.2, 0) is 4.74 Å². The predicted molar refractivity (Wildman–Crippen MR) is 75.5 cm³/mol. The summed E-state index contributed by atoms with van der Waals surface area (Å²) in [5.74, 6) is 1.52. The Kier molecular flexibility index (Phi) is 4.35. The third-order valence-corrected chi connectivity index (χ3v) is 4.44. The lowest BCUT2D eigenvalue weighted by Crippen LogP contribution is -2.54. The van der Waals surface area contributed by atoms with Gasteiger partial charge in [-0.05, 0) is 51.9 Å². The van der Waals surface area contributed by atoms with E-state index in [9.17, 15) is 0 Å². The van der Waals surface area contributed by atoms with E-state index >= 15 is 0 Å². The molecular weight excluding hydrogens is 224 g/mol. The minimum Gasteiger partial charge on any atom is -0.370 e. The van der Waals surface area contributed by atoms with Crippen molar-refractivity contribution < 1.29 is 4.74 Å². The predicted octanol–water partition coefficient (Wildman–Crippen LogP) is 2.25. The van der Waals surface area contributed by atoms with Gasteiger partial charge in [0.2, 0.25) is 0 Å². The molecule has 0 spiro atoms. The summed E-state index contributed by atoms with van der Waals surface area (Å²) in [6.45, 7) is 12.2. The smallest absolute Gasteiger partial charge is 0.0757 e. The number of nitrogens with two attached hydrogens (primary N) is 1. The van der Waals surface area contributed by atoms with Crippen molar-refractivity contribution in [3.63, 3.8) is 0 Å². The maximum Gasteiger partial charge on any atom is 0.0757 e. The van der Waals surface area contributed by atoms with Crippen molar-refractivity contribution in [1.82, 2.24) is 4.90 Å². The van der Waals surface area contributed by atoms with Gasteiger partial charge in [0.25, 0.3) is 0 Å². The van der Waals surface area contributed by atoms with Crippen LogP contribution in [0.1, 0.15) is 47.0 Å². The van der Waals surface area contributed by atoms with Crippen molar-refractivity contribution >= 4 is 0 Å². The monoisotopic (exact) mass is 254 g/mol. The van der Waals surface area contributed by atoms with E-state index in [-0.39, 0.29) is 5.60 Å². The molecule has 0 radical (unpaired) electrons. The van der Waals surface area contributed by atoms with E-state index in [0.717, 1.165) is 25.6 Å². The van der Waals surface area contributed by atoms with Gasteiger partial charge in [0, 0.05) is 25.7 Å². The first-order valence-corrected chi connectivity index (χ1v) is 7.51. The van der Waals surface area contributed by atoms with E-state index in [4.69, 9.17) is 10.5 Å². The van der Waals surface area contributed by atoms with Crippen molar-refractivity contribution in [2.45, 2.75) is 64.7 Å². The Balaban J connectivity index is 1.91. The highest BCUT2D eigenvalue weighted by molar-refractivity contribution is 4.88. The van der Waals surface area contributed by atoms with E-state index in [0.29, 0.717) is 18.1 Å². The molecule has 0 aromatic carbocycles. The molecule has 106 valence electrons. The van der Waals surface area contributed by atoms with Crippen molar-refractivity contribution in [1.29, 1.82) is 0 Å². The second-order valence-electron chi connectivity index (χ2n) is 7.22. The topological polar surface area (TPSA) is 38.5 Å². The zero-order valence-electron chi connectivity index (χ0n) is 12.5. The summed E-state index contributed by atoms with van der Waals surface area (Å²) in [4.78, 5) is 2.57. The van der Waals surface area contributed by atoms with Gasteiger partial charge >= 0.3 is 0 Å². The second kappa shape index (κ2) is 5.48. The van der Waals surface area contributed by atoms with E-state index in [1.54, 1.807) is 0 Å². The molecule has 3 heteroatoms. The number of nitrogens with zero attached hydrogens (tertiary/aromatic N) is 1. The van der Waals surface area contributed by atoms with Gasteiger partial charge in [-0.1, -0.05) is 6.92 Å². The minimum atomic E-state index is -0.0119. The molecule has 2 fully saturated rings. The molecule has 3 nitrogen and oxygen atoms in total. The van der Waals surface area contributed by atoms with Crippen LogP contribution in [0.4, 0.5) is 0 Å². The van der Waals surface area contributed by atoms with E-state index in [2.05, 4.69) is 32.6 Å². The first-order valence-electron chi connectivity index (χ1n) is 7.51. The van der Waals surface area contributed by atoms with Crippen LogP contribution >= 0.6 is 0 Å². The van der Waals surface area contributed by atoms with E-state index in [1.807, 2.05) is 0 Å². The number of ether oxygens (including phenoxy) is 1. The zero-order chi connectivity index (χ0) is 13.3. The molecule has 1 heterocycles. The number of hydrogen-bond acceptors (Lipinski definition) is 3. The van der Waals surface area contributed by atoms with Gasteiger partial charge in [0.1, 0.15) is 0 Å². The Morgan fingerprint density at radius 1 is 1.28 bits per heavy atom. The van der Waals surface area contributed by atoms with Gasteiger partial charge in [-0.2, -0.15) is 0 Å². The molecule has 2 N–H and O–H groups in total. The van der Waals surface area contributed by atoms with Crippen LogP contribution in [0.2, 0.25) is 0 Å². The quantitative estimate of drug-likeness (QED) is 0.821. The SMILES string of the molecule is CC1CCC(N)C(CN2CC(C)OC(C)(C)C2)C1. The minimum absolute atomic E-state index is 0.0119. The Labute approximate surface area is 112 Å². The summed E-state index contributed by atoms with van der Waals surface area (Å²) in [6.07, 6.45) is 4.15. The Morgan fingerprint density at radius 3 is 2.67 bits per heavy atom. The molecule has 18 heavy (non-hydrogen) atoms. The van der Waals surface area contributed by atoms with Crippen LogP contribution in [0.25, 0.3) is 0 Å². The number of morpholine rings is 1. The summed E-state index contributed by atoms with van der Waals surface area (Å²) in [7, 11) is 0. The standard InChI is InChI=1S/C15H30N2O/c1-11-5-6-14(16)13(7-11)9-17-8-12(2)18-15(3,4)10-17/h11-14H,5-10,16H2,1-4H3. The molecule has 2 aliphatic rings.